The van der Waals surface area contributed by atoms with Crippen LogP contribution in [0.4, 0.5) is 0 Å². The van der Waals surface area contributed by atoms with Crippen LogP contribution in [0, 0.1) is 11.8 Å². The monoisotopic (exact) mass is 381 g/mol. The third kappa shape index (κ3) is 4.32. The zero-order valence-electron chi connectivity index (χ0n) is 15.9. The quantitative estimate of drug-likeness (QED) is 0.600. The lowest BCUT2D eigenvalue weighted by molar-refractivity contribution is -0.153. The number of carbonyl (C=O) groups is 2. The molecular formula is C20H28ClNO4. The number of rotatable bonds is 6. The van der Waals surface area contributed by atoms with Crippen LogP contribution in [0.2, 0.25) is 0 Å². The summed E-state index contributed by atoms with van der Waals surface area (Å²) in [7, 11) is 2.88. The maximum absolute atomic E-state index is 12.8. The fourth-order valence-corrected chi connectivity index (χ4v) is 3.93. The Labute approximate surface area is 160 Å². The number of para-hydroxylation sites is 1. The molecule has 1 aliphatic rings. The maximum atomic E-state index is 12.8. The summed E-state index contributed by atoms with van der Waals surface area (Å²) >= 11 is 6.40. The Hall–Kier alpha value is -1.75. The zero-order valence-corrected chi connectivity index (χ0v) is 16.6. The number of carbonyl (C=O) groups excluding carboxylic acids is 2. The van der Waals surface area contributed by atoms with Gasteiger partial charge in [-0.3, -0.25) is 4.79 Å². The number of hydrogen-bond donors (Lipinski definition) is 1. The van der Waals surface area contributed by atoms with Crippen molar-refractivity contribution in [3.63, 3.8) is 0 Å². The third-order valence-electron chi connectivity index (χ3n) is 5.41. The van der Waals surface area contributed by atoms with Gasteiger partial charge in [0.25, 0.3) is 0 Å². The second-order valence-corrected chi connectivity index (χ2v) is 7.69. The van der Waals surface area contributed by atoms with Gasteiger partial charge in [0.05, 0.1) is 14.2 Å². The molecule has 1 aromatic rings. The normalized spacial score (nSPS) is 24.0. The van der Waals surface area contributed by atoms with Gasteiger partial charge >= 0.3 is 5.97 Å². The van der Waals surface area contributed by atoms with Gasteiger partial charge in [0.1, 0.15) is 16.7 Å². The van der Waals surface area contributed by atoms with E-state index in [1.54, 1.807) is 18.2 Å². The molecule has 5 nitrogen and oxygen atoms in total. The summed E-state index contributed by atoms with van der Waals surface area (Å²) in [5, 5.41) is 1.94. The second kappa shape index (κ2) is 8.76. The Morgan fingerprint density at radius 1 is 1.19 bits per heavy atom. The number of esters is 1. The zero-order chi connectivity index (χ0) is 19.3. The van der Waals surface area contributed by atoms with Gasteiger partial charge in [-0.2, -0.15) is 0 Å². The predicted molar refractivity (Wildman–Crippen MR) is 101 cm³/mol. The molecule has 26 heavy (non-hydrogen) atoms. The van der Waals surface area contributed by atoms with E-state index in [2.05, 4.69) is 19.2 Å². The standard InChI is InChI=1S/C20H28ClNO4/c1-13(2)14-9-11-20(12-10-14,19(24)26-4)22-18(23)17(21)15-7-5-6-8-16(15)25-3/h5-8,13-14,17H,9-12H2,1-4H3,(H,22,23). The van der Waals surface area contributed by atoms with Crippen molar-refractivity contribution in [3.8, 4) is 5.75 Å². The molecule has 1 aliphatic carbocycles. The summed E-state index contributed by atoms with van der Waals surface area (Å²) < 4.78 is 10.3. The molecule has 1 fully saturated rings. The number of alkyl halides is 1. The number of ether oxygens (including phenoxy) is 2. The van der Waals surface area contributed by atoms with Crippen molar-refractivity contribution in [1.82, 2.24) is 5.32 Å². The molecule has 1 aromatic carbocycles. The van der Waals surface area contributed by atoms with Crippen LogP contribution in [0.3, 0.4) is 0 Å². The highest BCUT2D eigenvalue weighted by Crippen LogP contribution is 2.38. The van der Waals surface area contributed by atoms with Crippen molar-refractivity contribution in [2.75, 3.05) is 14.2 Å². The van der Waals surface area contributed by atoms with E-state index in [0.29, 0.717) is 36.0 Å². The highest BCUT2D eigenvalue weighted by molar-refractivity contribution is 6.31. The number of nitrogens with one attached hydrogen (secondary N) is 1. The fraction of sp³-hybridized carbons (Fsp3) is 0.600. The van der Waals surface area contributed by atoms with Crippen molar-refractivity contribution in [3.05, 3.63) is 29.8 Å². The van der Waals surface area contributed by atoms with Crippen LogP contribution in [0.1, 0.15) is 50.5 Å². The molecule has 144 valence electrons. The molecule has 1 atom stereocenters. The Balaban J connectivity index is 2.18. The molecule has 6 heteroatoms. The van der Waals surface area contributed by atoms with Crippen LogP contribution in [-0.4, -0.2) is 31.6 Å². The van der Waals surface area contributed by atoms with Crippen LogP contribution >= 0.6 is 11.6 Å². The molecule has 0 aromatic heterocycles. The van der Waals surface area contributed by atoms with Crippen molar-refractivity contribution in [1.29, 1.82) is 0 Å². The van der Waals surface area contributed by atoms with Crippen molar-refractivity contribution in [2.24, 2.45) is 11.8 Å². The van der Waals surface area contributed by atoms with Crippen LogP contribution < -0.4 is 10.1 Å². The second-order valence-electron chi connectivity index (χ2n) is 7.25. The average molecular weight is 382 g/mol. The molecule has 2 rings (SSSR count). The van der Waals surface area contributed by atoms with Gasteiger partial charge < -0.3 is 14.8 Å². The van der Waals surface area contributed by atoms with Gasteiger partial charge in [0, 0.05) is 5.56 Å². The first-order valence-corrected chi connectivity index (χ1v) is 9.45. The predicted octanol–water partition coefficient (Wildman–Crippen LogP) is 3.85. The summed E-state index contributed by atoms with van der Waals surface area (Å²) in [5.41, 5.74) is -0.433. The molecule has 0 aliphatic heterocycles. The van der Waals surface area contributed by atoms with E-state index in [1.165, 1.54) is 14.2 Å². The van der Waals surface area contributed by atoms with Gasteiger partial charge in [-0.15, -0.1) is 11.6 Å². The minimum Gasteiger partial charge on any atom is -0.496 e. The number of halogens is 1. The van der Waals surface area contributed by atoms with Crippen LogP contribution in [-0.2, 0) is 14.3 Å². The van der Waals surface area contributed by atoms with E-state index in [9.17, 15) is 9.59 Å². The van der Waals surface area contributed by atoms with Gasteiger partial charge in [0.2, 0.25) is 5.91 Å². The molecule has 0 heterocycles. The average Bonchev–Trinajstić information content (AvgIpc) is 2.66. The SMILES string of the molecule is COC(=O)C1(NC(=O)C(Cl)c2ccccc2OC)CCC(C(C)C)CC1. The van der Waals surface area contributed by atoms with E-state index in [0.717, 1.165) is 12.8 Å². The first-order valence-electron chi connectivity index (χ1n) is 9.02. The fourth-order valence-electron chi connectivity index (χ4n) is 3.69. The number of methoxy groups -OCH3 is 2. The molecule has 1 unspecified atom stereocenters. The first kappa shape index (κ1) is 20.6. The number of benzene rings is 1. The van der Waals surface area contributed by atoms with E-state index in [1.807, 2.05) is 6.07 Å². The lowest BCUT2D eigenvalue weighted by atomic mass is 9.72. The summed E-state index contributed by atoms with van der Waals surface area (Å²) in [6, 6.07) is 7.11. The highest BCUT2D eigenvalue weighted by atomic mass is 35.5. The summed E-state index contributed by atoms with van der Waals surface area (Å²) in [5.74, 6) is 0.821. The van der Waals surface area contributed by atoms with Gasteiger partial charge in [-0.25, -0.2) is 4.79 Å². The van der Waals surface area contributed by atoms with E-state index < -0.39 is 22.8 Å². The van der Waals surface area contributed by atoms with Crippen LogP contribution in [0.15, 0.2) is 24.3 Å². The topological polar surface area (TPSA) is 64.6 Å². The van der Waals surface area contributed by atoms with Crippen molar-refractivity contribution >= 4 is 23.5 Å². The number of hydrogen-bond acceptors (Lipinski definition) is 4. The molecule has 0 bridgehead atoms. The summed E-state index contributed by atoms with van der Waals surface area (Å²) in [6.07, 6.45) is 2.86. The summed E-state index contributed by atoms with van der Waals surface area (Å²) in [6.45, 7) is 4.37. The van der Waals surface area contributed by atoms with Crippen molar-refractivity contribution < 1.29 is 19.1 Å². The Kier molecular flexibility index (Phi) is 6.93. The molecule has 1 N–H and O–H groups in total. The lowest BCUT2D eigenvalue weighted by Gasteiger charge is -2.40. The Morgan fingerprint density at radius 3 is 2.35 bits per heavy atom. The Bertz CT molecular complexity index is 638. The molecule has 0 radical (unpaired) electrons. The van der Waals surface area contributed by atoms with Gasteiger partial charge in [-0.05, 0) is 43.6 Å². The van der Waals surface area contributed by atoms with E-state index in [4.69, 9.17) is 21.1 Å². The van der Waals surface area contributed by atoms with Crippen LogP contribution in [0.5, 0.6) is 5.75 Å². The van der Waals surface area contributed by atoms with E-state index >= 15 is 0 Å². The van der Waals surface area contributed by atoms with Gasteiger partial charge in [0.15, 0.2) is 0 Å². The summed E-state index contributed by atoms with van der Waals surface area (Å²) in [4.78, 5) is 25.3. The molecule has 1 saturated carbocycles. The first-order chi connectivity index (χ1) is 12.3. The molecule has 0 saturated heterocycles. The molecule has 0 spiro atoms. The molecular weight excluding hydrogens is 354 g/mol. The third-order valence-corrected chi connectivity index (χ3v) is 5.84. The number of amides is 1. The minimum absolute atomic E-state index is 0.406. The van der Waals surface area contributed by atoms with Gasteiger partial charge in [-0.1, -0.05) is 32.0 Å². The largest absolute Gasteiger partial charge is 0.496 e. The maximum Gasteiger partial charge on any atom is 0.331 e. The van der Waals surface area contributed by atoms with E-state index in [-0.39, 0.29) is 0 Å². The molecule has 1 amide bonds. The lowest BCUT2D eigenvalue weighted by Crippen LogP contribution is -2.57. The van der Waals surface area contributed by atoms with Crippen molar-refractivity contribution in [2.45, 2.75) is 50.4 Å². The minimum atomic E-state index is -1.01. The Morgan fingerprint density at radius 2 is 1.81 bits per heavy atom. The van der Waals surface area contributed by atoms with Crippen LogP contribution in [0.25, 0.3) is 0 Å². The highest BCUT2D eigenvalue weighted by Gasteiger charge is 2.45. The smallest absolute Gasteiger partial charge is 0.331 e.